The van der Waals surface area contributed by atoms with E-state index >= 15 is 0 Å². The number of aryl methyl sites for hydroxylation is 1. The van der Waals surface area contributed by atoms with Crippen LogP contribution >= 0.6 is 0 Å². The summed E-state index contributed by atoms with van der Waals surface area (Å²) in [5.41, 5.74) is 3.13. The van der Waals surface area contributed by atoms with Crippen molar-refractivity contribution in [3.63, 3.8) is 0 Å². The number of carbonyl (C=O) groups excluding carboxylic acids is 1. The number of anilines is 2. The lowest BCUT2D eigenvalue weighted by Crippen LogP contribution is -2.50. The number of amides is 1. The molecule has 9 nitrogen and oxygen atoms in total. The van der Waals surface area contributed by atoms with Crippen molar-refractivity contribution in [2.75, 3.05) is 42.5 Å². The van der Waals surface area contributed by atoms with Crippen molar-refractivity contribution in [1.29, 1.82) is 0 Å². The summed E-state index contributed by atoms with van der Waals surface area (Å²) in [6.07, 6.45) is 2.25. The molecule has 0 spiro atoms. The molecule has 1 aromatic carbocycles. The van der Waals surface area contributed by atoms with Crippen molar-refractivity contribution in [3.8, 4) is 0 Å². The van der Waals surface area contributed by atoms with E-state index in [9.17, 15) is 4.79 Å². The maximum absolute atomic E-state index is 12.9. The SMILES string of the molecule is Cc1cccc(CN2CCN(c3nc4nonc4nc3N3CCCC3)CC2=O)c1. The van der Waals surface area contributed by atoms with Gasteiger partial charge in [0.2, 0.25) is 17.2 Å². The zero-order valence-electron chi connectivity index (χ0n) is 16.4. The Labute approximate surface area is 168 Å². The summed E-state index contributed by atoms with van der Waals surface area (Å²) in [6, 6.07) is 8.29. The van der Waals surface area contributed by atoms with E-state index < -0.39 is 0 Å². The van der Waals surface area contributed by atoms with Crippen molar-refractivity contribution in [3.05, 3.63) is 35.4 Å². The third-order valence-corrected chi connectivity index (χ3v) is 5.56. The maximum atomic E-state index is 12.9. The minimum absolute atomic E-state index is 0.0882. The molecule has 9 heteroatoms. The Balaban J connectivity index is 1.38. The van der Waals surface area contributed by atoms with Crippen molar-refractivity contribution in [1.82, 2.24) is 25.2 Å². The normalized spacial score (nSPS) is 17.6. The third-order valence-electron chi connectivity index (χ3n) is 5.56. The molecule has 2 aromatic heterocycles. The molecule has 0 atom stereocenters. The summed E-state index contributed by atoms with van der Waals surface area (Å²) < 4.78 is 4.80. The smallest absolute Gasteiger partial charge is 0.245 e. The van der Waals surface area contributed by atoms with Gasteiger partial charge in [-0.05, 0) is 35.6 Å². The molecule has 0 unspecified atom stereocenters. The van der Waals surface area contributed by atoms with Gasteiger partial charge in [-0.3, -0.25) is 4.79 Å². The van der Waals surface area contributed by atoms with Crippen molar-refractivity contribution in [2.45, 2.75) is 26.3 Å². The zero-order valence-corrected chi connectivity index (χ0v) is 16.4. The number of hydrogen-bond acceptors (Lipinski definition) is 8. The fourth-order valence-corrected chi connectivity index (χ4v) is 4.06. The van der Waals surface area contributed by atoms with Gasteiger partial charge in [-0.25, -0.2) is 14.6 Å². The summed E-state index contributed by atoms with van der Waals surface area (Å²) in [5.74, 6) is 1.55. The molecule has 2 fully saturated rings. The predicted molar refractivity (Wildman–Crippen MR) is 108 cm³/mol. The summed E-state index contributed by atoms with van der Waals surface area (Å²) in [6.45, 7) is 6.17. The number of benzene rings is 1. The van der Waals surface area contributed by atoms with E-state index in [1.165, 1.54) is 5.56 Å². The first-order chi connectivity index (χ1) is 14.2. The van der Waals surface area contributed by atoms with Gasteiger partial charge in [0.15, 0.2) is 11.6 Å². The average Bonchev–Trinajstić information content (AvgIpc) is 3.40. The van der Waals surface area contributed by atoms with Crippen LogP contribution in [0.25, 0.3) is 11.3 Å². The van der Waals surface area contributed by atoms with Crippen LogP contribution in [0.3, 0.4) is 0 Å². The van der Waals surface area contributed by atoms with Crippen LogP contribution in [-0.2, 0) is 11.3 Å². The second-order valence-corrected chi connectivity index (χ2v) is 7.70. The number of aromatic nitrogens is 4. The summed E-state index contributed by atoms with van der Waals surface area (Å²) in [5, 5.41) is 7.68. The Kier molecular flexibility index (Phi) is 4.49. The van der Waals surface area contributed by atoms with Gasteiger partial charge < -0.3 is 14.7 Å². The lowest BCUT2D eigenvalue weighted by Gasteiger charge is -2.36. The van der Waals surface area contributed by atoms with Gasteiger partial charge in [-0.2, -0.15) is 0 Å². The van der Waals surface area contributed by atoms with Gasteiger partial charge in [-0.15, -0.1) is 0 Å². The van der Waals surface area contributed by atoms with Gasteiger partial charge in [-0.1, -0.05) is 29.8 Å². The number of rotatable bonds is 4. The third kappa shape index (κ3) is 3.48. The fraction of sp³-hybridized carbons (Fsp3) is 0.450. The highest BCUT2D eigenvalue weighted by Gasteiger charge is 2.30. The van der Waals surface area contributed by atoms with Crippen LogP contribution in [0.15, 0.2) is 28.9 Å². The Morgan fingerprint density at radius 3 is 2.38 bits per heavy atom. The van der Waals surface area contributed by atoms with Crippen LogP contribution in [-0.4, -0.2) is 63.8 Å². The Hall–Kier alpha value is -3.23. The minimum Gasteiger partial charge on any atom is -0.353 e. The molecule has 5 rings (SSSR count). The van der Waals surface area contributed by atoms with E-state index in [0.29, 0.717) is 36.7 Å². The van der Waals surface area contributed by atoms with E-state index in [1.54, 1.807) is 0 Å². The van der Waals surface area contributed by atoms with Crippen LogP contribution in [0.5, 0.6) is 0 Å². The zero-order chi connectivity index (χ0) is 19.8. The lowest BCUT2D eigenvalue weighted by molar-refractivity contribution is -0.131. The number of hydrogen-bond donors (Lipinski definition) is 0. The van der Waals surface area contributed by atoms with Crippen LogP contribution in [0.1, 0.15) is 24.0 Å². The second-order valence-electron chi connectivity index (χ2n) is 7.70. The first-order valence-corrected chi connectivity index (χ1v) is 10.0. The minimum atomic E-state index is 0.0882. The summed E-state index contributed by atoms with van der Waals surface area (Å²) in [4.78, 5) is 28.3. The monoisotopic (exact) mass is 393 g/mol. The highest BCUT2D eigenvalue weighted by molar-refractivity contribution is 5.85. The molecule has 0 aliphatic carbocycles. The molecule has 29 heavy (non-hydrogen) atoms. The van der Waals surface area contributed by atoms with Crippen LogP contribution in [0, 0.1) is 6.92 Å². The molecule has 2 saturated heterocycles. The number of fused-ring (bicyclic) bond motifs is 1. The second kappa shape index (κ2) is 7.31. The molecule has 2 aliphatic heterocycles. The topological polar surface area (TPSA) is 91.5 Å². The number of nitrogens with zero attached hydrogens (tertiary/aromatic N) is 7. The lowest BCUT2D eigenvalue weighted by atomic mass is 10.1. The highest BCUT2D eigenvalue weighted by atomic mass is 16.6. The van der Waals surface area contributed by atoms with Gasteiger partial charge in [0.05, 0.1) is 6.54 Å². The van der Waals surface area contributed by atoms with E-state index in [2.05, 4.69) is 50.3 Å². The van der Waals surface area contributed by atoms with Gasteiger partial charge in [0.1, 0.15) is 0 Å². The van der Waals surface area contributed by atoms with Gasteiger partial charge >= 0.3 is 0 Å². The molecule has 0 bridgehead atoms. The van der Waals surface area contributed by atoms with Gasteiger partial charge in [0.25, 0.3) is 0 Å². The van der Waals surface area contributed by atoms with E-state index in [0.717, 1.165) is 37.3 Å². The highest BCUT2D eigenvalue weighted by Crippen LogP contribution is 2.30. The Morgan fingerprint density at radius 2 is 1.69 bits per heavy atom. The number of piperazine rings is 1. The first kappa shape index (κ1) is 17.8. The molecule has 150 valence electrons. The molecule has 4 heterocycles. The van der Waals surface area contributed by atoms with Crippen LogP contribution in [0.2, 0.25) is 0 Å². The molecule has 0 radical (unpaired) electrons. The van der Waals surface area contributed by atoms with Crippen LogP contribution in [0.4, 0.5) is 11.6 Å². The van der Waals surface area contributed by atoms with E-state index in [1.807, 2.05) is 15.9 Å². The molecular weight excluding hydrogens is 370 g/mol. The van der Waals surface area contributed by atoms with Crippen molar-refractivity contribution in [2.24, 2.45) is 0 Å². The quantitative estimate of drug-likeness (QED) is 0.662. The largest absolute Gasteiger partial charge is 0.353 e. The Bertz CT molecular complexity index is 1040. The standard InChI is InChI=1S/C20H23N7O2/c1-14-5-4-6-15(11-14)12-26-9-10-27(13-16(26)28)20-19(25-7-2-3-8-25)21-17-18(22-20)24-29-23-17/h4-6,11H,2-3,7-10,12-13H2,1H3. The molecule has 3 aromatic rings. The predicted octanol–water partition coefficient (Wildman–Crippen LogP) is 1.77. The summed E-state index contributed by atoms with van der Waals surface area (Å²) in [7, 11) is 0. The van der Waals surface area contributed by atoms with Crippen molar-refractivity contribution < 1.29 is 9.42 Å². The summed E-state index contributed by atoms with van der Waals surface area (Å²) >= 11 is 0. The first-order valence-electron chi connectivity index (χ1n) is 10.0. The molecule has 2 aliphatic rings. The van der Waals surface area contributed by atoms with E-state index in [-0.39, 0.29) is 12.5 Å². The number of carbonyl (C=O) groups is 1. The van der Waals surface area contributed by atoms with E-state index in [4.69, 9.17) is 4.63 Å². The fourth-order valence-electron chi connectivity index (χ4n) is 4.06. The van der Waals surface area contributed by atoms with Crippen molar-refractivity contribution >= 4 is 28.8 Å². The molecule has 1 amide bonds. The molecule has 0 N–H and O–H groups in total. The van der Waals surface area contributed by atoms with Crippen LogP contribution < -0.4 is 9.80 Å². The Morgan fingerprint density at radius 1 is 0.966 bits per heavy atom. The maximum Gasteiger partial charge on any atom is 0.245 e. The molecular formula is C20H23N7O2. The van der Waals surface area contributed by atoms with Gasteiger partial charge in [0, 0.05) is 32.7 Å². The average molecular weight is 393 g/mol. The molecule has 0 saturated carbocycles.